The fraction of sp³-hybridized carbons (Fsp3) is 0.529. The number of nitrogens with zero attached hydrogens (tertiary/aromatic N) is 2. The van der Waals surface area contributed by atoms with E-state index < -0.39 is 0 Å². The first-order valence-electron chi connectivity index (χ1n) is 7.84. The quantitative estimate of drug-likeness (QED) is 0.801. The highest BCUT2D eigenvalue weighted by Crippen LogP contribution is 2.37. The van der Waals surface area contributed by atoms with E-state index >= 15 is 0 Å². The second kappa shape index (κ2) is 6.39. The van der Waals surface area contributed by atoms with E-state index in [1.165, 1.54) is 4.90 Å². The molecule has 1 aliphatic carbocycles. The van der Waals surface area contributed by atoms with Crippen LogP contribution in [-0.2, 0) is 16.1 Å². The van der Waals surface area contributed by atoms with Crippen LogP contribution in [0.2, 0.25) is 5.02 Å². The predicted octanol–water partition coefficient (Wildman–Crippen LogP) is 2.90. The minimum Gasteiger partial charge on any atom is -0.284 e. The summed E-state index contributed by atoms with van der Waals surface area (Å²) >= 11 is 5.88. The third-order valence-corrected chi connectivity index (χ3v) is 4.93. The SMILES string of the molecule is CN(Cc1ccc(Cl)cc1)CN1C(=O)C2CCCCC2C1=O. The molecule has 1 saturated heterocycles. The van der Waals surface area contributed by atoms with Crippen molar-refractivity contribution in [2.45, 2.75) is 32.2 Å². The van der Waals surface area contributed by atoms with Gasteiger partial charge in [-0.2, -0.15) is 0 Å². The Balaban J connectivity index is 1.63. The Morgan fingerprint density at radius 1 is 1.09 bits per heavy atom. The molecule has 1 aromatic carbocycles. The number of likely N-dealkylation sites (tertiary alicyclic amines) is 1. The first-order valence-corrected chi connectivity index (χ1v) is 8.22. The van der Waals surface area contributed by atoms with E-state index in [1.54, 1.807) is 0 Å². The highest BCUT2D eigenvalue weighted by molar-refractivity contribution is 6.30. The molecule has 0 radical (unpaired) electrons. The molecular formula is C17H21ClN2O2. The van der Waals surface area contributed by atoms with Gasteiger partial charge < -0.3 is 0 Å². The maximum Gasteiger partial charge on any atom is 0.234 e. The van der Waals surface area contributed by atoms with Crippen molar-refractivity contribution in [3.8, 4) is 0 Å². The molecule has 1 aromatic rings. The second-order valence-corrected chi connectivity index (χ2v) is 6.82. The van der Waals surface area contributed by atoms with Gasteiger partial charge in [-0.05, 0) is 37.6 Å². The van der Waals surface area contributed by atoms with Crippen molar-refractivity contribution in [3.63, 3.8) is 0 Å². The lowest BCUT2D eigenvalue weighted by atomic mass is 9.81. The largest absolute Gasteiger partial charge is 0.284 e. The van der Waals surface area contributed by atoms with Gasteiger partial charge in [-0.1, -0.05) is 36.6 Å². The monoisotopic (exact) mass is 320 g/mol. The van der Waals surface area contributed by atoms with Gasteiger partial charge in [-0.15, -0.1) is 0 Å². The molecule has 1 saturated carbocycles. The summed E-state index contributed by atoms with van der Waals surface area (Å²) in [7, 11) is 1.93. The van der Waals surface area contributed by atoms with Crippen LogP contribution in [0.15, 0.2) is 24.3 Å². The molecule has 2 aliphatic rings. The summed E-state index contributed by atoms with van der Waals surface area (Å²) in [6.45, 7) is 1.05. The first kappa shape index (κ1) is 15.5. The molecule has 118 valence electrons. The Kier molecular flexibility index (Phi) is 4.50. The molecule has 0 aromatic heterocycles. The summed E-state index contributed by atoms with van der Waals surface area (Å²) in [5.41, 5.74) is 1.11. The molecule has 2 atom stereocenters. The van der Waals surface area contributed by atoms with E-state index in [1.807, 2.05) is 36.2 Å². The fourth-order valence-electron chi connectivity index (χ4n) is 3.56. The number of carbonyl (C=O) groups is 2. The maximum atomic E-state index is 12.4. The van der Waals surface area contributed by atoms with Gasteiger partial charge in [0.05, 0.1) is 18.5 Å². The number of benzene rings is 1. The van der Waals surface area contributed by atoms with Crippen LogP contribution in [-0.4, -0.2) is 35.3 Å². The van der Waals surface area contributed by atoms with Crippen LogP contribution in [0.25, 0.3) is 0 Å². The summed E-state index contributed by atoms with van der Waals surface area (Å²) in [4.78, 5) is 28.3. The van der Waals surface area contributed by atoms with Gasteiger partial charge in [0.25, 0.3) is 0 Å². The first-order chi connectivity index (χ1) is 10.6. The summed E-state index contributed by atoms with van der Waals surface area (Å²) in [6, 6.07) is 7.63. The van der Waals surface area contributed by atoms with E-state index in [4.69, 9.17) is 11.6 Å². The molecule has 0 N–H and O–H groups in total. The van der Waals surface area contributed by atoms with E-state index in [0.717, 1.165) is 31.2 Å². The summed E-state index contributed by atoms with van der Waals surface area (Å²) < 4.78 is 0. The van der Waals surface area contributed by atoms with Gasteiger partial charge in [0, 0.05) is 11.6 Å². The molecule has 22 heavy (non-hydrogen) atoms. The minimum absolute atomic E-state index is 0.0256. The Morgan fingerprint density at radius 2 is 1.64 bits per heavy atom. The number of hydrogen-bond donors (Lipinski definition) is 0. The average Bonchev–Trinajstić information content (AvgIpc) is 2.75. The fourth-order valence-corrected chi connectivity index (χ4v) is 3.69. The second-order valence-electron chi connectivity index (χ2n) is 6.38. The molecule has 2 amide bonds. The van der Waals surface area contributed by atoms with Crippen LogP contribution < -0.4 is 0 Å². The van der Waals surface area contributed by atoms with Gasteiger partial charge in [-0.25, -0.2) is 0 Å². The Morgan fingerprint density at radius 3 is 2.18 bits per heavy atom. The topological polar surface area (TPSA) is 40.6 Å². The molecule has 2 unspecified atom stereocenters. The normalized spacial score (nSPS) is 25.0. The summed E-state index contributed by atoms with van der Waals surface area (Å²) in [6.07, 6.45) is 3.86. The van der Waals surface area contributed by atoms with E-state index in [9.17, 15) is 9.59 Å². The van der Waals surface area contributed by atoms with E-state index in [2.05, 4.69) is 0 Å². The molecule has 0 spiro atoms. The van der Waals surface area contributed by atoms with Crippen LogP contribution in [0.4, 0.5) is 0 Å². The lowest BCUT2D eigenvalue weighted by Gasteiger charge is -2.23. The lowest BCUT2D eigenvalue weighted by Crippen LogP contribution is -2.40. The Hall–Kier alpha value is -1.39. The number of fused-ring (bicyclic) bond motifs is 1. The third-order valence-electron chi connectivity index (χ3n) is 4.68. The van der Waals surface area contributed by atoms with Crippen LogP contribution >= 0.6 is 11.6 Å². The number of halogens is 1. The molecule has 1 aliphatic heterocycles. The zero-order chi connectivity index (χ0) is 15.7. The summed E-state index contributed by atoms with van der Waals surface area (Å²) in [5, 5.41) is 0.709. The Bertz CT molecular complexity index is 549. The standard InChI is InChI=1S/C17H21ClN2O2/c1-19(10-12-6-8-13(18)9-7-12)11-20-16(21)14-4-2-3-5-15(14)17(20)22/h6-9,14-15H,2-5,10-11H2,1H3. The molecule has 5 heteroatoms. The lowest BCUT2D eigenvalue weighted by molar-refractivity contribution is -0.142. The van der Waals surface area contributed by atoms with Gasteiger partial charge in [0.15, 0.2) is 0 Å². The maximum absolute atomic E-state index is 12.4. The van der Waals surface area contributed by atoms with Gasteiger partial charge in [-0.3, -0.25) is 19.4 Å². The van der Waals surface area contributed by atoms with Crippen molar-refractivity contribution in [1.29, 1.82) is 0 Å². The number of hydrogen-bond acceptors (Lipinski definition) is 3. The predicted molar refractivity (Wildman–Crippen MR) is 85.1 cm³/mol. The molecule has 2 fully saturated rings. The van der Waals surface area contributed by atoms with Crippen LogP contribution in [0.5, 0.6) is 0 Å². The molecule has 3 rings (SSSR count). The van der Waals surface area contributed by atoms with E-state index in [-0.39, 0.29) is 23.7 Å². The minimum atomic E-state index is -0.0646. The van der Waals surface area contributed by atoms with Crippen LogP contribution in [0, 0.1) is 11.8 Å². The van der Waals surface area contributed by atoms with Crippen LogP contribution in [0.1, 0.15) is 31.2 Å². The van der Waals surface area contributed by atoms with Crippen molar-refractivity contribution in [2.24, 2.45) is 11.8 Å². The zero-order valence-corrected chi connectivity index (χ0v) is 13.6. The molecule has 4 nitrogen and oxygen atoms in total. The number of amides is 2. The van der Waals surface area contributed by atoms with Crippen LogP contribution in [0.3, 0.4) is 0 Å². The zero-order valence-electron chi connectivity index (χ0n) is 12.8. The molecule has 0 bridgehead atoms. The number of carbonyl (C=O) groups excluding carboxylic acids is 2. The smallest absolute Gasteiger partial charge is 0.234 e. The average molecular weight is 321 g/mol. The number of imide groups is 1. The van der Waals surface area contributed by atoms with Crippen molar-refractivity contribution in [3.05, 3.63) is 34.9 Å². The molecular weight excluding hydrogens is 300 g/mol. The highest BCUT2D eigenvalue weighted by atomic mass is 35.5. The number of rotatable bonds is 4. The van der Waals surface area contributed by atoms with Crippen molar-refractivity contribution >= 4 is 23.4 Å². The van der Waals surface area contributed by atoms with E-state index in [0.29, 0.717) is 18.2 Å². The molecule has 1 heterocycles. The highest BCUT2D eigenvalue weighted by Gasteiger charge is 2.48. The van der Waals surface area contributed by atoms with Gasteiger partial charge in [0.2, 0.25) is 11.8 Å². The van der Waals surface area contributed by atoms with Crippen molar-refractivity contribution in [2.75, 3.05) is 13.7 Å². The van der Waals surface area contributed by atoms with Gasteiger partial charge >= 0.3 is 0 Å². The van der Waals surface area contributed by atoms with Crippen molar-refractivity contribution in [1.82, 2.24) is 9.80 Å². The van der Waals surface area contributed by atoms with Crippen molar-refractivity contribution < 1.29 is 9.59 Å². The Labute approximate surface area is 136 Å². The summed E-state index contributed by atoms with van der Waals surface area (Å²) in [5.74, 6) is -0.0781. The third kappa shape index (κ3) is 3.03. The van der Waals surface area contributed by atoms with Gasteiger partial charge in [0.1, 0.15) is 0 Å².